The number of ether oxygens (including phenoxy) is 1. The average molecular weight is 375 g/mol. The molecule has 0 radical (unpaired) electrons. The highest BCUT2D eigenvalue weighted by atomic mass is 16.6. The molecule has 0 bridgehead atoms. The van der Waals surface area contributed by atoms with Crippen LogP contribution in [0, 0.1) is 10.1 Å². The van der Waals surface area contributed by atoms with Gasteiger partial charge in [-0.25, -0.2) is 4.79 Å². The molecule has 0 aromatic heterocycles. The Morgan fingerprint density at radius 1 is 0.929 bits per heavy atom. The van der Waals surface area contributed by atoms with Crippen molar-refractivity contribution < 1.29 is 19.2 Å². The molecule has 0 saturated heterocycles. The smallest absolute Gasteiger partial charge is 0.343 e. The number of carbonyl (C=O) groups excluding carboxylic acids is 2. The van der Waals surface area contributed by atoms with Crippen LogP contribution in [0.4, 0.5) is 17.1 Å². The summed E-state index contributed by atoms with van der Waals surface area (Å²) >= 11 is 0. The molecule has 0 unspecified atom stereocenters. The maximum atomic E-state index is 12.2. The molecule has 0 atom stereocenters. The van der Waals surface area contributed by atoms with Gasteiger partial charge in [0.15, 0.2) is 6.29 Å². The van der Waals surface area contributed by atoms with Gasteiger partial charge in [-0.05, 0) is 36.4 Å². The molecule has 3 rings (SSSR count). The summed E-state index contributed by atoms with van der Waals surface area (Å²) in [5.41, 5.74) is 1.24. The molecular formula is C20H13N3O5. The van der Waals surface area contributed by atoms with Gasteiger partial charge >= 0.3 is 5.97 Å². The lowest BCUT2D eigenvalue weighted by Gasteiger charge is -2.07. The maximum absolute atomic E-state index is 12.2. The summed E-state index contributed by atoms with van der Waals surface area (Å²) in [6.07, 6.45) is 0.574. The van der Waals surface area contributed by atoms with Crippen molar-refractivity contribution in [3.05, 3.63) is 94.0 Å². The summed E-state index contributed by atoms with van der Waals surface area (Å²) in [5, 5.41) is 18.7. The van der Waals surface area contributed by atoms with E-state index in [0.717, 1.165) is 0 Å². The molecule has 0 aliphatic heterocycles. The van der Waals surface area contributed by atoms with E-state index < -0.39 is 10.9 Å². The highest BCUT2D eigenvalue weighted by Gasteiger charge is 2.12. The van der Waals surface area contributed by atoms with Crippen molar-refractivity contribution in [3.8, 4) is 5.75 Å². The minimum Gasteiger partial charge on any atom is -0.422 e. The Morgan fingerprint density at radius 3 is 2.21 bits per heavy atom. The second-order valence-electron chi connectivity index (χ2n) is 5.57. The lowest BCUT2D eigenvalue weighted by Crippen LogP contribution is -2.09. The van der Waals surface area contributed by atoms with Crippen LogP contribution < -0.4 is 4.74 Å². The monoisotopic (exact) mass is 375 g/mol. The van der Waals surface area contributed by atoms with Crippen LogP contribution in [0.3, 0.4) is 0 Å². The standard InChI is InChI=1S/C20H13N3O5/c24-13-15-6-7-17(22-21-16-8-10-18(11-9-16)23(26)27)12-19(15)28-20(25)14-4-2-1-3-5-14/h1-13H. The normalized spacial score (nSPS) is 10.6. The van der Waals surface area contributed by atoms with E-state index in [2.05, 4.69) is 10.2 Å². The first-order valence-electron chi connectivity index (χ1n) is 8.09. The fourth-order valence-electron chi connectivity index (χ4n) is 2.26. The van der Waals surface area contributed by atoms with Gasteiger partial charge in [0, 0.05) is 18.2 Å². The third-order valence-corrected chi connectivity index (χ3v) is 3.68. The largest absolute Gasteiger partial charge is 0.422 e. The second-order valence-corrected chi connectivity index (χ2v) is 5.57. The third-order valence-electron chi connectivity index (χ3n) is 3.68. The van der Waals surface area contributed by atoms with Crippen LogP contribution in [0.5, 0.6) is 5.75 Å². The van der Waals surface area contributed by atoms with Gasteiger partial charge in [0.25, 0.3) is 5.69 Å². The van der Waals surface area contributed by atoms with Gasteiger partial charge in [0.2, 0.25) is 0 Å². The number of non-ortho nitro benzene ring substituents is 1. The minimum atomic E-state index is -0.604. The van der Waals surface area contributed by atoms with Crippen molar-refractivity contribution in [1.29, 1.82) is 0 Å². The Balaban J connectivity index is 1.81. The number of hydrogen-bond donors (Lipinski definition) is 0. The number of hydrogen-bond acceptors (Lipinski definition) is 7. The Kier molecular flexibility index (Phi) is 5.61. The SMILES string of the molecule is O=Cc1ccc(N=Nc2ccc([N+](=O)[O-])cc2)cc1OC(=O)c1ccccc1. The molecule has 3 aromatic rings. The summed E-state index contributed by atoms with van der Waals surface area (Å²) in [7, 11) is 0. The quantitative estimate of drug-likeness (QED) is 0.150. The molecule has 8 nitrogen and oxygen atoms in total. The second kappa shape index (κ2) is 8.45. The minimum absolute atomic E-state index is 0.0515. The molecule has 3 aromatic carbocycles. The molecule has 0 fully saturated rings. The zero-order valence-electron chi connectivity index (χ0n) is 14.4. The van der Waals surface area contributed by atoms with Crippen LogP contribution in [-0.2, 0) is 0 Å². The van der Waals surface area contributed by atoms with Gasteiger partial charge in [-0.3, -0.25) is 14.9 Å². The highest BCUT2D eigenvalue weighted by Crippen LogP contribution is 2.27. The first-order chi connectivity index (χ1) is 13.6. The molecule has 138 valence electrons. The van der Waals surface area contributed by atoms with Crippen molar-refractivity contribution in [3.63, 3.8) is 0 Å². The topological polar surface area (TPSA) is 111 Å². The van der Waals surface area contributed by atoms with Crippen molar-refractivity contribution >= 4 is 29.3 Å². The fourth-order valence-corrected chi connectivity index (χ4v) is 2.26. The molecule has 0 amide bonds. The Morgan fingerprint density at radius 2 is 1.57 bits per heavy atom. The maximum Gasteiger partial charge on any atom is 0.343 e. The number of aldehydes is 1. The van der Waals surface area contributed by atoms with E-state index in [9.17, 15) is 19.7 Å². The number of nitrogens with zero attached hydrogens (tertiary/aromatic N) is 3. The Labute approximate surface area is 159 Å². The zero-order valence-corrected chi connectivity index (χ0v) is 14.4. The molecule has 0 aliphatic carbocycles. The number of carbonyl (C=O) groups is 2. The van der Waals surface area contributed by atoms with E-state index in [1.54, 1.807) is 36.4 Å². The molecule has 0 N–H and O–H groups in total. The van der Waals surface area contributed by atoms with Gasteiger partial charge < -0.3 is 4.74 Å². The third kappa shape index (κ3) is 4.50. The lowest BCUT2D eigenvalue weighted by molar-refractivity contribution is -0.384. The van der Waals surface area contributed by atoms with Gasteiger partial charge in [-0.2, -0.15) is 10.2 Å². The van der Waals surface area contributed by atoms with Crippen LogP contribution in [0.1, 0.15) is 20.7 Å². The van der Waals surface area contributed by atoms with Crippen molar-refractivity contribution in [2.75, 3.05) is 0 Å². The van der Waals surface area contributed by atoms with Crippen LogP contribution in [0.15, 0.2) is 83.0 Å². The number of rotatable bonds is 6. The van der Waals surface area contributed by atoms with E-state index in [1.807, 2.05) is 0 Å². The summed E-state index contributed by atoms with van der Waals surface area (Å²) in [6, 6.07) is 18.3. The first-order valence-corrected chi connectivity index (χ1v) is 8.09. The summed E-state index contributed by atoms with van der Waals surface area (Å²) in [6.45, 7) is 0. The van der Waals surface area contributed by atoms with Crippen LogP contribution in [0.2, 0.25) is 0 Å². The van der Waals surface area contributed by atoms with Crippen LogP contribution in [0.25, 0.3) is 0 Å². The number of benzene rings is 3. The molecule has 8 heteroatoms. The summed E-state index contributed by atoms with van der Waals surface area (Å²) < 4.78 is 5.31. The molecule has 28 heavy (non-hydrogen) atoms. The first kappa shape index (κ1) is 18.6. The van der Waals surface area contributed by atoms with Gasteiger partial charge in [0.05, 0.1) is 27.4 Å². The van der Waals surface area contributed by atoms with E-state index >= 15 is 0 Å². The molecule has 0 spiro atoms. The molecule has 0 aliphatic rings. The highest BCUT2D eigenvalue weighted by molar-refractivity contribution is 5.92. The fraction of sp³-hybridized carbons (Fsp3) is 0. The van der Waals surface area contributed by atoms with Gasteiger partial charge in [-0.15, -0.1) is 0 Å². The van der Waals surface area contributed by atoms with E-state index in [0.29, 0.717) is 23.2 Å². The summed E-state index contributed by atoms with van der Waals surface area (Å²) in [5.74, 6) is -0.544. The van der Waals surface area contributed by atoms with Gasteiger partial charge in [-0.1, -0.05) is 18.2 Å². The molecule has 0 saturated carbocycles. The van der Waals surface area contributed by atoms with E-state index in [-0.39, 0.29) is 17.0 Å². The Bertz CT molecular complexity index is 1050. The zero-order chi connectivity index (χ0) is 19.9. The average Bonchev–Trinajstić information content (AvgIpc) is 2.73. The van der Waals surface area contributed by atoms with Crippen LogP contribution >= 0.6 is 0 Å². The molecule has 0 heterocycles. The number of nitro groups is 1. The van der Waals surface area contributed by atoms with E-state index in [1.165, 1.54) is 36.4 Å². The predicted octanol–water partition coefficient (Wildman–Crippen LogP) is 5.04. The number of azo groups is 1. The van der Waals surface area contributed by atoms with Crippen molar-refractivity contribution in [1.82, 2.24) is 0 Å². The summed E-state index contributed by atoms with van der Waals surface area (Å²) in [4.78, 5) is 33.6. The number of esters is 1. The van der Waals surface area contributed by atoms with Crippen molar-refractivity contribution in [2.24, 2.45) is 10.2 Å². The van der Waals surface area contributed by atoms with Gasteiger partial charge in [0.1, 0.15) is 5.75 Å². The van der Waals surface area contributed by atoms with Crippen molar-refractivity contribution in [2.45, 2.75) is 0 Å². The lowest BCUT2D eigenvalue weighted by atomic mass is 10.2. The van der Waals surface area contributed by atoms with E-state index in [4.69, 9.17) is 4.74 Å². The Hall–Kier alpha value is -4.20. The van der Waals surface area contributed by atoms with Crippen LogP contribution in [-0.4, -0.2) is 17.2 Å². The predicted molar refractivity (Wildman–Crippen MR) is 101 cm³/mol. The number of nitro benzene ring substituents is 1. The molecular weight excluding hydrogens is 362 g/mol.